The second kappa shape index (κ2) is 7.84. The van der Waals surface area contributed by atoms with Crippen LogP contribution in [0.25, 0.3) is 0 Å². The van der Waals surface area contributed by atoms with E-state index in [1.54, 1.807) is 24.3 Å². The molecule has 2 aromatic carbocycles. The maximum absolute atomic E-state index is 13.4. The van der Waals surface area contributed by atoms with Gasteiger partial charge in [0.15, 0.2) is 0 Å². The third-order valence-electron chi connectivity index (χ3n) is 6.71. The van der Waals surface area contributed by atoms with Crippen molar-refractivity contribution in [2.45, 2.75) is 57.2 Å². The molecule has 1 saturated carbocycles. The molecule has 0 aromatic heterocycles. The molecule has 1 aliphatic carbocycles. The van der Waals surface area contributed by atoms with Crippen LogP contribution in [0.3, 0.4) is 0 Å². The number of fused-ring (bicyclic) bond motifs is 1. The van der Waals surface area contributed by atoms with E-state index >= 15 is 0 Å². The molecule has 1 saturated heterocycles. The van der Waals surface area contributed by atoms with Gasteiger partial charge in [-0.2, -0.15) is 0 Å². The number of carbonyl (C=O) groups excluding carboxylic acids is 3. The summed E-state index contributed by atoms with van der Waals surface area (Å²) in [5, 5.41) is 0. The van der Waals surface area contributed by atoms with Gasteiger partial charge in [-0.05, 0) is 49.6 Å². The van der Waals surface area contributed by atoms with Gasteiger partial charge in [0.2, 0.25) is 5.91 Å². The van der Waals surface area contributed by atoms with Crippen LogP contribution in [-0.2, 0) is 4.79 Å². The lowest BCUT2D eigenvalue weighted by atomic mass is 9.82. The smallest absolute Gasteiger partial charge is 0.262 e. The topological polar surface area (TPSA) is 66.9 Å². The van der Waals surface area contributed by atoms with Crippen LogP contribution in [0.5, 0.6) is 5.75 Å². The molecule has 0 N–H and O–H groups in total. The van der Waals surface area contributed by atoms with Gasteiger partial charge in [-0.15, -0.1) is 0 Å². The molecule has 2 unspecified atom stereocenters. The summed E-state index contributed by atoms with van der Waals surface area (Å²) < 4.78 is 5.56. The number of ether oxygens (including phenoxy) is 1. The summed E-state index contributed by atoms with van der Waals surface area (Å²) in [7, 11) is 0. The molecule has 160 valence electrons. The zero-order valence-electron chi connectivity index (χ0n) is 17.6. The van der Waals surface area contributed by atoms with Crippen LogP contribution >= 0.6 is 0 Å². The number of likely N-dealkylation sites (tertiary alicyclic amines) is 1. The molecule has 2 aliphatic heterocycles. The summed E-state index contributed by atoms with van der Waals surface area (Å²) in [6.45, 7) is 2.51. The molecule has 2 aromatic rings. The van der Waals surface area contributed by atoms with E-state index in [2.05, 4.69) is 0 Å². The fourth-order valence-corrected chi connectivity index (χ4v) is 5.24. The molecule has 3 aliphatic rings. The van der Waals surface area contributed by atoms with Crippen molar-refractivity contribution in [1.82, 2.24) is 9.80 Å². The van der Waals surface area contributed by atoms with Crippen LogP contribution in [-0.4, -0.2) is 46.2 Å². The van der Waals surface area contributed by atoms with Crippen LogP contribution in [0.1, 0.15) is 71.3 Å². The number of amides is 3. The Morgan fingerprint density at radius 1 is 0.839 bits per heavy atom. The largest absolute Gasteiger partial charge is 0.494 e. The first-order chi connectivity index (χ1) is 15.1. The standard InChI is InChI=1S/C25H26N2O4/c1-2-31-18-14-12-16(13-15-18)21-22(25(30)26(21)17-8-4-3-5-9-17)27-23(28)19-10-6-7-11-20(19)24(27)29/h6-7,10-15,17,21-22H,2-5,8-9H2,1H3. The average molecular weight is 418 g/mol. The number of carbonyl (C=O) groups is 3. The zero-order valence-corrected chi connectivity index (χ0v) is 17.6. The third-order valence-corrected chi connectivity index (χ3v) is 6.71. The fourth-order valence-electron chi connectivity index (χ4n) is 5.24. The number of benzene rings is 2. The minimum atomic E-state index is -0.799. The minimum absolute atomic E-state index is 0.125. The van der Waals surface area contributed by atoms with Crippen molar-refractivity contribution in [2.75, 3.05) is 6.61 Å². The lowest BCUT2D eigenvalue weighted by Gasteiger charge is -2.54. The van der Waals surface area contributed by atoms with Gasteiger partial charge in [-0.3, -0.25) is 19.3 Å². The first-order valence-corrected chi connectivity index (χ1v) is 11.1. The van der Waals surface area contributed by atoms with Crippen LogP contribution in [0.4, 0.5) is 0 Å². The molecule has 2 heterocycles. The Morgan fingerprint density at radius 2 is 1.45 bits per heavy atom. The van der Waals surface area contributed by atoms with Crippen LogP contribution in [0, 0.1) is 0 Å². The second-order valence-electron chi connectivity index (χ2n) is 8.45. The molecular weight excluding hydrogens is 392 g/mol. The van der Waals surface area contributed by atoms with E-state index in [1.165, 1.54) is 11.3 Å². The Morgan fingerprint density at radius 3 is 2.03 bits per heavy atom. The molecule has 0 spiro atoms. The SMILES string of the molecule is CCOc1ccc(C2C(N3C(=O)c4ccccc4C3=O)C(=O)N2C2CCCCC2)cc1. The first-order valence-electron chi connectivity index (χ1n) is 11.1. The monoisotopic (exact) mass is 418 g/mol. The maximum atomic E-state index is 13.4. The lowest BCUT2D eigenvalue weighted by molar-refractivity contribution is -0.162. The minimum Gasteiger partial charge on any atom is -0.494 e. The molecule has 2 fully saturated rings. The van der Waals surface area contributed by atoms with E-state index in [0.717, 1.165) is 37.0 Å². The van der Waals surface area contributed by atoms with Crippen molar-refractivity contribution in [3.8, 4) is 5.75 Å². The highest BCUT2D eigenvalue weighted by Gasteiger charge is 2.58. The fraction of sp³-hybridized carbons (Fsp3) is 0.400. The zero-order chi connectivity index (χ0) is 21.5. The number of β-lactam (4-membered cyclic amide) rings is 1. The number of nitrogens with zero attached hydrogens (tertiary/aromatic N) is 2. The third kappa shape index (κ3) is 3.12. The van der Waals surface area contributed by atoms with E-state index in [1.807, 2.05) is 36.1 Å². The van der Waals surface area contributed by atoms with Crippen molar-refractivity contribution >= 4 is 17.7 Å². The van der Waals surface area contributed by atoms with Gasteiger partial charge >= 0.3 is 0 Å². The van der Waals surface area contributed by atoms with Gasteiger partial charge in [-0.1, -0.05) is 43.5 Å². The summed E-state index contributed by atoms with van der Waals surface area (Å²) >= 11 is 0. The predicted octanol–water partition coefficient (Wildman–Crippen LogP) is 3.97. The van der Waals surface area contributed by atoms with Gasteiger partial charge in [0.05, 0.1) is 23.8 Å². The Labute approximate surface area is 181 Å². The summed E-state index contributed by atoms with van der Waals surface area (Å²) in [5.74, 6) is -0.116. The number of hydrogen-bond acceptors (Lipinski definition) is 4. The lowest BCUT2D eigenvalue weighted by Crippen LogP contribution is -2.69. The number of imide groups is 1. The van der Waals surface area contributed by atoms with Gasteiger partial charge in [0.1, 0.15) is 11.8 Å². The normalized spacial score (nSPS) is 23.7. The van der Waals surface area contributed by atoms with E-state index in [-0.39, 0.29) is 29.8 Å². The van der Waals surface area contributed by atoms with Crippen molar-refractivity contribution in [3.63, 3.8) is 0 Å². The second-order valence-corrected chi connectivity index (χ2v) is 8.45. The highest BCUT2D eigenvalue weighted by Crippen LogP contribution is 2.45. The van der Waals surface area contributed by atoms with Gasteiger partial charge in [0, 0.05) is 6.04 Å². The van der Waals surface area contributed by atoms with Crippen molar-refractivity contribution in [1.29, 1.82) is 0 Å². The molecule has 31 heavy (non-hydrogen) atoms. The first kappa shape index (κ1) is 19.8. The van der Waals surface area contributed by atoms with Crippen molar-refractivity contribution < 1.29 is 19.1 Å². The highest BCUT2D eigenvalue weighted by molar-refractivity contribution is 6.23. The molecule has 0 radical (unpaired) electrons. The van der Waals surface area contributed by atoms with Crippen LogP contribution < -0.4 is 4.74 Å². The van der Waals surface area contributed by atoms with E-state index in [4.69, 9.17) is 4.74 Å². The number of hydrogen-bond donors (Lipinski definition) is 0. The van der Waals surface area contributed by atoms with Crippen molar-refractivity contribution in [3.05, 3.63) is 65.2 Å². The van der Waals surface area contributed by atoms with Gasteiger partial charge in [0.25, 0.3) is 11.8 Å². The quantitative estimate of drug-likeness (QED) is 0.544. The summed E-state index contributed by atoms with van der Waals surface area (Å²) in [5.41, 5.74) is 1.68. The molecule has 3 amide bonds. The number of rotatable bonds is 5. The van der Waals surface area contributed by atoms with E-state index in [9.17, 15) is 14.4 Å². The van der Waals surface area contributed by atoms with Gasteiger partial charge < -0.3 is 9.64 Å². The Kier molecular flexibility index (Phi) is 5.00. The molecule has 6 heteroatoms. The Bertz CT molecular complexity index is 991. The Balaban J connectivity index is 1.51. The maximum Gasteiger partial charge on any atom is 0.262 e. The van der Waals surface area contributed by atoms with E-state index < -0.39 is 6.04 Å². The summed E-state index contributed by atoms with van der Waals surface area (Å²) in [6.07, 6.45) is 5.32. The summed E-state index contributed by atoms with van der Waals surface area (Å²) in [6, 6.07) is 13.5. The van der Waals surface area contributed by atoms with Crippen LogP contribution in [0.15, 0.2) is 48.5 Å². The summed E-state index contributed by atoms with van der Waals surface area (Å²) in [4.78, 5) is 42.7. The predicted molar refractivity (Wildman–Crippen MR) is 115 cm³/mol. The molecule has 6 nitrogen and oxygen atoms in total. The molecular formula is C25H26N2O4. The van der Waals surface area contributed by atoms with Crippen LogP contribution in [0.2, 0.25) is 0 Å². The molecule has 5 rings (SSSR count). The van der Waals surface area contributed by atoms with Gasteiger partial charge in [-0.25, -0.2) is 0 Å². The molecule has 0 bridgehead atoms. The highest BCUT2D eigenvalue weighted by atomic mass is 16.5. The van der Waals surface area contributed by atoms with E-state index in [0.29, 0.717) is 17.7 Å². The molecule has 2 atom stereocenters. The average Bonchev–Trinajstić information content (AvgIpc) is 3.04. The Hall–Kier alpha value is -3.15. The van der Waals surface area contributed by atoms with Crippen molar-refractivity contribution in [2.24, 2.45) is 0 Å².